The van der Waals surface area contributed by atoms with Crippen LogP contribution in [-0.4, -0.2) is 74.6 Å². The number of halogens is 5. The van der Waals surface area contributed by atoms with Gasteiger partial charge in [0.15, 0.2) is 5.82 Å². The molecule has 0 radical (unpaired) electrons. The Labute approximate surface area is 264 Å². The van der Waals surface area contributed by atoms with Gasteiger partial charge in [-0.15, -0.1) is 0 Å². The van der Waals surface area contributed by atoms with Crippen molar-refractivity contribution in [1.82, 2.24) is 29.8 Å². The number of nitrogens with one attached hydrogen (secondary N) is 1. The van der Waals surface area contributed by atoms with Crippen molar-refractivity contribution < 1.29 is 41.0 Å². The molecule has 2 fully saturated rings. The number of benzene rings is 1. The molecule has 1 aliphatic carbocycles. The first-order chi connectivity index (χ1) is 22.3. The van der Waals surface area contributed by atoms with Crippen LogP contribution in [0.5, 0.6) is 5.88 Å². The third-order valence-electron chi connectivity index (χ3n) is 8.37. The van der Waals surface area contributed by atoms with E-state index in [-0.39, 0.29) is 54.7 Å². The van der Waals surface area contributed by atoms with Gasteiger partial charge in [0.25, 0.3) is 5.91 Å². The quantitative estimate of drug-likeness (QED) is 0.253. The summed E-state index contributed by atoms with van der Waals surface area (Å²) >= 11 is 0. The third-order valence-corrected chi connectivity index (χ3v) is 8.37. The van der Waals surface area contributed by atoms with E-state index in [1.165, 1.54) is 24.3 Å². The smallest absolute Gasteiger partial charge is 0.418 e. The van der Waals surface area contributed by atoms with Gasteiger partial charge in [-0.2, -0.15) is 18.3 Å². The fourth-order valence-electron chi connectivity index (χ4n) is 6.08. The zero-order chi connectivity index (χ0) is 33.5. The molecule has 6 rings (SSSR count). The van der Waals surface area contributed by atoms with Crippen LogP contribution in [0.1, 0.15) is 40.7 Å². The zero-order valence-electron chi connectivity index (χ0n) is 25.0. The number of rotatable bonds is 9. The molecule has 0 spiro atoms. The van der Waals surface area contributed by atoms with Crippen molar-refractivity contribution in [2.75, 3.05) is 26.0 Å². The molecule has 3 N–H and O–H groups in total. The van der Waals surface area contributed by atoms with Crippen LogP contribution in [-0.2, 0) is 22.3 Å². The standard InChI is InChI=1S/C31H30F5N7O4/c1-46-28-22(7-18(12-38-28)24-9-23(31(34,35)36)25-26(37)39-16-40-43(24)25)27(44)41-20-8-21(15-47-14-17-5-3-2-4-6-17)42(13-20)29(45)19-10-30(32,33)11-19/h2-7,9,12,16,19-21H,8,10-11,13-15H2,1H3,(H,41,44)(H2,37,39,40). The second-order valence-electron chi connectivity index (χ2n) is 11.6. The van der Waals surface area contributed by atoms with Gasteiger partial charge in [-0.1, -0.05) is 30.3 Å². The van der Waals surface area contributed by atoms with Gasteiger partial charge in [-0.05, 0) is 24.1 Å². The maximum atomic E-state index is 13.9. The van der Waals surface area contributed by atoms with Crippen molar-refractivity contribution in [2.24, 2.45) is 5.92 Å². The predicted molar refractivity (Wildman–Crippen MR) is 157 cm³/mol. The molecule has 248 valence electrons. The summed E-state index contributed by atoms with van der Waals surface area (Å²) in [5, 5.41) is 6.78. The van der Waals surface area contributed by atoms with Crippen LogP contribution < -0.4 is 15.8 Å². The first-order valence-corrected chi connectivity index (χ1v) is 14.7. The Kier molecular flexibility index (Phi) is 8.46. The van der Waals surface area contributed by atoms with Gasteiger partial charge in [-0.25, -0.2) is 23.3 Å². The molecule has 11 nitrogen and oxygen atoms in total. The molecular weight excluding hydrogens is 629 g/mol. The lowest BCUT2D eigenvalue weighted by molar-refractivity contribution is -0.161. The van der Waals surface area contributed by atoms with E-state index in [9.17, 15) is 31.5 Å². The lowest BCUT2D eigenvalue weighted by Gasteiger charge is -2.37. The number of nitrogens with two attached hydrogens (primary N) is 1. The number of pyridine rings is 1. The predicted octanol–water partition coefficient (Wildman–Crippen LogP) is 4.36. The zero-order valence-corrected chi connectivity index (χ0v) is 25.0. The van der Waals surface area contributed by atoms with Gasteiger partial charge in [0.1, 0.15) is 17.4 Å². The molecule has 2 aliphatic rings. The number of aromatic nitrogens is 4. The minimum Gasteiger partial charge on any atom is -0.480 e. The number of hydrogen-bond acceptors (Lipinski definition) is 8. The number of carbonyl (C=O) groups excluding carboxylic acids is 2. The average molecular weight is 660 g/mol. The van der Waals surface area contributed by atoms with Crippen molar-refractivity contribution in [3.05, 3.63) is 71.7 Å². The number of alkyl halides is 5. The molecule has 3 aromatic heterocycles. The highest BCUT2D eigenvalue weighted by Gasteiger charge is 2.51. The number of hydrogen-bond donors (Lipinski definition) is 2. The highest BCUT2D eigenvalue weighted by molar-refractivity contribution is 5.98. The first-order valence-electron chi connectivity index (χ1n) is 14.7. The maximum absolute atomic E-state index is 13.9. The minimum absolute atomic E-state index is 0.0452. The number of likely N-dealkylation sites (tertiary alicyclic amines) is 1. The second-order valence-corrected chi connectivity index (χ2v) is 11.6. The van der Waals surface area contributed by atoms with Crippen molar-refractivity contribution in [1.29, 1.82) is 0 Å². The number of fused-ring (bicyclic) bond motifs is 1. The van der Waals surface area contributed by atoms with Crippen molar-refractivity contribution >= 4 is 23.1 Å². The molecule has 4 heterocycles. The van der Waals surface area contributed by atoms with Crippen LogP contribution >= 0.6 is 0 Å². The van der Waals surface area contributed by atoms with Gasteiger partial charge >= 0.3 is 6.18 Å². The van der Waals surface area contributed by atoms with Gasteiger partial charge in [0, 0.05) is 43.1 Å². The lowest BCUT2D eigenvalue weighted by atomic mass is 9.80. The highest BCUT2D eigenvalue weighted by atomic mass is 19.4. The van der Waals surface area contributed by atoms with Gasteiger partial charge in [0.05, 0.1) is 37.6 Å². The monoisotopic (exact) mass is 659 g/mol. The molecule has 0 bridgehead atoms. The summed E-state index contributed by atoms with van der Waals surface area (Å²) in [6, 6.07) is 10.4. The van der Waals surface area contributed by atoms with Gasteiger partial charge < -0.3 is 25.4 Å². The van der Waals surface area contributed by atoms with Gasteiger partial charge in [-0.3, -0.25) is 9.59 Å². The van der Waals surface area contributed by atoms with E-state index in [0.717, 1.165) is 22.5 Å². The fourth-order valence-corrected chi connectivity index (χ4v) is 6.08. The van der Waals surface area contributed by atoms with Crippen LogP contribution in [0.25, 0.3) is 16.8 Å². The number of nitrogen functional groups attached to an aromatic ring is 1. The molecule has 47 heavy (non-hydrogen) atoms. The molecule has 1 saturated heterocycles. The van der Waals surface area contributed by atoms with E-state index < -0.39 is 65.8 Å². The average Bonchev–Trinajstić information content (AvgIpc) is 3.62. The Balaban J connectivity index is 1.23. The lowest BCUT2D eigenvalue weighted by Crippen LogP contribution is -2.49. The van der Waals surface area contributed by atoms with Crippen LogP contribution in [0.3, 0.4) is 0 Å². The summed E-state index contributed by atoms with van der Waals surface area (Å²) in [4.78, 5) is 36.2. The summed E-state index contributed by atoms with van der Waals surface area (Å²) in [7, 11) is 1.28. The van der Waals surface area contributed by atoms with E-state index in [1.54, 1.807) is 0 Å². The Morgan fingerprint density at radius 1 is 1.13 bits per heavy atom. The molecule has 2 amide bonds. The van der Waals surface area contributed by atoms with Gasteiger partial charge in [0.2, 0.25) is 17.7 Å². The summed E-state index contributed by atoms with van der Waals surface area (Å²) in [6.45, 7) is 0.439. The van der Waals surface area contributed by atoms with Crippen LogP contribution in [0.15, 0.2) is 55.0 Å². The van der Waals surface area contributed by atoms with E-state index in [0.29, 0.717) is 0 Å². The molecule has 1 saturated carbocycles. The third kappa shape index (κ3) is 6.54. The Morgan fingerprint density at radius 2 is 1.87 bits per heavy atom. The summed E-state index contributed by atoms with van der Waals surface area (Å²) < 4.78 is 81.0. The SMILES string of the molecule is COc1ncc(-c2cc(C(F)(F)F)c3c(N)ncnn23)cc1C(=O)NC1CC(COCc2ccccc2)N(C(=O)C2CC(F)(F)C2)C1. The number of nitrogens with zero attached hydrogens (tertiary/aromatic N) is 5. The normalized spacial score (nSPS) is 19.5. The molecule has 2 unspecified atom stereocenters. The summed E-state index contributed by atoms with van der Waals surface area (Å²) in [5.74, 6) is -5.28. The molecule has 16 heteroatoms. The number of carbonyl (C=O) groups is 2. The van der Waals surface area contributed by atoms with E-state index in [2.05, 4.69) is 20.4 Å². The van der Waals surface area contributed by atoms with Crippen molar-refractivity contribution in [3.8, 4) is 17.1 Å². The molecule has 4 aromatic rings. The topological polar surface area (TPSA) is 137 Å². The Bertz CT molecular complexity index is 1790. The maximum Gasteiger partial charge on any atom is 0.418 e. The molecule has 2 atom stereocenters. The molecule has 1 aliphatic heterocycles. The number of amides is 2. The minimum atomic E-state index is -4.77. The largest absolute Gasteiger partial charge is 0.480 e. The van der Waals surface area contributed by atoms with Crippen LogP contribution in [0.2, 0.25) is 0 Å². The fraction of sp³-hybridized carbons (Fsp3) is 0.387. The van der Waals surface area contributed by atoms with Crippen LogP contribution in [0.4, 0.5) is 27.8 Å². The molecular formula is C31H30F5N7O4. The number of anilines is 1. The highest BCUT2D eigenvalue weighted by Crippen LogP contribution is 2.44. The Hall–Kier alpha value is -4.86. The van der Waals surface area contributed by atoms with E-state index in [4.69, 9.17) is 15.2 Å². The summed E-state index contributed by atoms with van der Waals surface area (Å²) in [5.41, 5.74) is 5.15. The second kappa shape index (κ2) is 12.4. The Morgan fingerprint density at radius 3 is 2.55 bits per heavy atom. The summed E-state index contributed by atoms with van der Waals surface area (Å²) in [6.07, 6.45) is -3.32. The van der Waals surface area contributed by atoms with E-state index in [1.807, 2.05) is 30.3 Å². The number of ether oxygens (including phenoxy) is 2. The molecule has 1 aromatic carbocycles. The van der Waals surface area contributed by atoms with Crippen molar-refractivity contribution in [3.63, 3.8) is 0 Å². The van der Waals surface area contributed by atoms with Crippen molar-refractivity contribution in [2.45, 2.75) is 50.1 Å². The van der Waals surface area contributed by atoms with E-state index >= 15 is 0 Å². The first kappa shape index (κ1) is 32.1. The van der Waals surface area contributed by atoms with Crippen LogP contribution in [0, 0.1) is 5.92 Å². The number of methoxy groups -OCH3 is 1.